The van der Waals surface area contributed by atoms with Gasteiger partial charge in [0.2, 0.25) is 5.91 Å². The molecule has 0 bridgehead atoms. The van der Waals surface area contributed by atoms with E-state index in [-0.39, 0.29) is 21.4 Å². The molecule has 0 spiro atoms. The standard InChI is InChI=1S/C53H62F10N10O8/c1-50(2,52(58,59)60)43(68-49(78)79-6)45(75)67-40(23-32-10-7-31(8-11-32)9-12-33-13-14-42(65-26-33)71-19-17-70(18-20-71)36-15-21-80-22-16-36)41(74)30-72(69-46(76)44(81-48(77)64-5)51(3,4)53(61,62)63)29-37-38(54)24-34(25-39(37)55)35-27-66-73(28-35)47(56)57/h7-8,10-11,13-14,24-28,36,40-41,43-44,47,74H,15-23,29-30H2,1-6H3,(H,64,77)(H,67,75)(H,68,78)(H,69,76)/t40-,41-,43+,44+/m0/s1. The van der Waals surface area contributed by atoms with Gasteiger partial charge < -0.3 is 40.2 Å². The van der Waals surface area contributed by atoms with Crippen LogP contribution in [0.25, 0.3) is 11.1 Å². The maximum atomic E-state index is 16.0. The van der Waals surface area contributed by atoms with E-state index in [1.807, 2.05) is 28.2 Å². The molecule has 4 amide bonds. The second-order valence-corrected chi connectivity index (χ2v) is 20.4. The van der Waals surface area contributed by atoms with E-state index in [1.165, 1.54) is 24.3 Å². The van der Waals surface area contributed by atoms with Crippen molar-refractivity contribution in [2.24, 2.45) is 10.8 Å². The first kappa shape index (κ1) is 63.0. The Morgan fingerprint density at radius 3 is 1.96 bits per heavy atom. The summed E-state index contributed by atoms with van der Waals surface area (Å²) in [5, 5.41) is 22.0. The number of halogens is 10. The van der Waals surface area contributed by atoms with Gasteiger partial charge in [-0.2, -0.15) is 40.2 Å². The first-order chi connectivity index (χ1) is 38.0. The molecule has 5 N–H and O–H groups in total. The maximum Gasteiger partial charge on any atom is 0.407 e. The van der Waals surface area contributed by atoms with Crippen molar-refractivity contribution >= 4 is 29.8 Å². The van der Waals surface area contributed by atoms with Crippen LogP contribution in [0.15, 0.2) is 67.1 Å². The Kier molecular flexibility index (Phi) is 20.7. The van der Waals surface area contributed by atoms with Crippen molar-refractivity contribution in [3.8, 4) is 23.0 Å². The highest BCUT2D eigenvalue weighted by Gasteiger charge is 2.58. The topological polar surface area (TPSA) is 205 Å². The molecule has 2 aromatic heterocycles. The Morgan fingerprint density at radius 1 is 0.815 bits per heavy atom. The normalized spacial score (nSPS) is 16.4. The predicted octanol–water partition coefficient (Wildman–Crippen LogP) is 6.87. The zero-order valence-electron chi connectivity index (χ0n) is 44.9. The van der Waals surface area contributed by atoms with Crippen molar-refractivity contribution in [1.82, 2.24) is 46.0 Å². The fraction of sp³-hybridized carbons (Fsp3) is 0.509. The lowest BCUT2D eigenvalue weighted by molar-refractivity contribution is -0.239. The van der Waals surface area contributed by atoms with Crippen molar-refractivity contribution in [3.63, 3.8) is 0 Å². The third-order valence-corrected chi connectivity index (χ3v) is 14.2. The number of piperazine rings is 1. The number of anilines is 1. The molecule has 2 fully saturated rings. The smallest absolute Gasteiger partial charge is 0.407 e. The summed E-state index contributed by atoms with van der Waals surface area (Å²) in [5.41, 5.74) is -4.36. The number of hydrogen-bond donors (Lipinski definition) is 5. The van der Waals surface area contributed by atoms with Gasteiger partial charge >= 0.3 is 31.1 Å². The van der Waals surface area contributed by atoms with Gasteiger partial charge in [-0.05, 0) is 94.5 Å². The molecule has 4 atom stereocenters. The van der Waals surface area contributed by atoms with Crippen LogP contribution in [0.5, 0.6) is 0 Å². The minimum absolute atomic E-state index is 0.176. The van der Waals surface area contributed by atoms with Gasteiger partial charge in [0, 0.05) is 100 Å². The second-order valence-electron chi connectivity index (χ2n) is 20.4. The number of carbonyl (C=O) groups is 4. The van der Waals surface area contributed by atoms with Gasteiger partial charge in [-0.3, -0.25) is 19.9 Å². The lowest BCUT2D eigenvalue weighted by Crippen LogP contribution is -2.62. The van der Waals surface area contributed by atoms with Crippen molar-refractivity contribution < 1.29 is 82.4 Å². The van der Waals surface area contributed by atoms with E-state index >= 15 is 8.78 Å². The van der Waals surface area contributed by atoms with Crippen molar-refractivity contribution in [2.75, 3.05) is 65.0 Å². The largest absolute Gasteiger partial charge is 0.453 e. The number of nitrogens with zero attached hydrogens (tertiary/aromatic N) is 6. The van der Waals surface area contributed by atoms with Crippen LogP contribution < -0.4 is 26.3 Å². The van der Waals surface area contributed by atoms with E-state index in [2.05, 4.69) is 41.8 Å². The summed E-state index contributed by atoms with van der Waals surface area (Å²) in [5.74, 6) is 0.672. The van der Waals surface area contributed by atoms with Crippen LogP contribution in [0.2, 0.25) is 0 Å². The first-order valence-electron chi connectivity index (χ1n) is 25.4. The van der Waals surface area contributed by atoms with Crippen LogP contribution in [-0.2, 0) is 36.8 Å². The molecule has 4 heterocycles. The molecule has 81 heavy (non-hydrogen) atoms. The third-order valence-electron chi connectivity index (χ3n) is 14.2. The minimum Gasteiger partial charge on any atom is -0.453 e. The number of nitrogens with one attached hydrogen (secondary N) is 4. The van der Waals surface area contributed by atoms with E-state index in [0.717, 1.165) is 84.6 Å². The number of alkyl carbamates (subject to hydrolysis) is 2. The summed E-state index contributed by atoms with van der Waals surface area (Å²) in [6.07, 6.45) is -13.5. The van der Waals surface area contributed by atoms with Gasteiger partial charge in [0.15, 0.2) is 6.10 Å². The number of methoxy groups -OCH3 is 1. The van der Waals surface area contributed by atoms with Gasteiger partial charge in [-0.15, -0.1) is 0 Å². The first-order valence-corrected chi connectivity index (χ1v) is 25.4. The Labute approximate surface area is 459 Å². The third kappa shape index (κ3) is 16.0. The van der Waals surface area contributed by atoms with Gasteiger partial charge in [-0.1, -0.05) is 24.0 Å². The molecule has 0 unspecified atom stereocenters. The van der Waals surface area contributed by atoms with E-state index in [0.29, 0.717) is 62.0 Å². The number of hydrazine groups is 1. The minimum atomic E-state index is -5.26. The highest BCUT2D eigenvalue weighted by Crippen LogP contribution is 2.43. The molecule has 0 saturated carbocycles. The number of hydrogen-bond acceptors (Lipinski definition) is 13. The Bertz CT molecular complexity index is 2840. The Hall–Kier alpha value is -7.22. The van der Waals surface area contributed by atoms with Crippen LogP contribution in [0.4, 0.5) is 59.3 Å². The van der Waals surface area contributed by atoms with Crippen LogP contribution in [-0.4, -0.2) is 157 Å². The number of alkyl halides is 8. The number of benzene rings is 2. The molecule has 442 valence electrons. The van der Waals surface area contributed by atoms with Gasteiger partial charge in [0.05, 0.1) is 30.9 Å². The van der Waals surface area contributed by atoms with Crippen LogP contribution in [0.1, 0.15) is 69.3 Å². The molecular weight excluding hydrogens is 1090 g/mol. The highest BCUT2D eigenvalue weighted by atomic mass is 19.4. The summed E-state index contributed by atoms with van der Waals surface area (Å²) in [6, 6.07) is 7.36. The Morgan fingerprint density at radius 2 is 1.42 bits per heavy atom. The number of rotatable bonds is 19. The van der Waals surface area contributed by atoms with Crippen LogP contribution in [0, 0.1) is 34.3 Å². The van der Waals surface area contributed by atoms with E-state index in [1.54, 1.807) is 6.20 Å². The average molecular weight is 1160 g/mol. The van der Waals surface area contributed by atoms with Crippen molar-refractivity contribution in [3.05, 3.63) is 101 Å². The number of aliphatic hydroxyl groups excluding tert-OH is 1. The van der Waals surface area contributed by atoms with Crippen molar-refractivity contribution in [2.45, 2.75) is 103 Å². The SMILES string of the molecule is CNC(=O)O[C@H](C(=O)NN(Cc1c(F)cc(-c2cnn(C(F)F)c2)cc1F)C[C@H](O)[C@H](Cc1ccc(C#Cc2ccc(N3CCN(C4CCOCC4)CC3)nc2)cc1)NC(=O)[C@@H](NC(=O)OC)C(C)(C)C(F)(F)F)C(C)(C)C(F)(F)F. The van der Waals surface area contributed by atoms with Gasteiger partial charge in [0.25, 0.3) is 5.91 Å². The molecule has 2 saturated heterocycles. The fourth-order valence-electron chi connectivity index (χ4n) is 8.87. The van der Waals surface area contributed by atoms with Crippen molar-refractivity contribution in [1.29, 1.82) is 0 Å². The number of carbonyl (C=O) groups excluding carboxylic acids is 4. The molecule has 2 aromatic carbocycles. The number of pyridine rings is 1. The molecule has 0 radical (unpaired) electrons. The molecule has 4 aromatic rings. The summed E-state index contributed by atoms with van der Waals surface area (Å²) in [4.78, 5) is 62.1. The average Bonchev–Trinajstić information content (AvgIpc) is 4.00. The molecule has 2 aliphatic heterocycles. The second kappa shape index (κ2) is 26.6. The lowest BCUT2D eigenvalue weighted by Gasteiger charge is -2.41. The van der Waals surface area contributed by atoms with E-state index in [9.17, 15) is 59.4 Å². The number of aliphatic hydroxyl groups is 1. The zero-order chi connectivity index (χ0) is 59.6. The lowest BCUT2D eigenvalue weighted by atomic mass is 9.82. The van der Waals surface area contributed by atoms with Crippen LogP contribution in [0.3, 0.4) is 0 Å². The molecule has 6 rings (SSSR count). The van der Waals surface area contributed by atoms with E-state index in [4.69, 9.17) is 9.47 Å². The molecule has 0 aliphatic carbocycles. The number of ether oxygens (including phenoxy) is 3. The quantitative estimate of drug-likeness (QED) is 0.0370. The number of amides is 4. The summed E-state index contributed by atoms with van der Waals surface area (Å²) in [7, 11) is 1.79. The predicted molar refractivity (Wildman–Crippen MR) is 272 cm³/mol. The highest BCUT2D eigenvalue weighted by molar-refractivity contribution is 5.87. The Balaban J connectivity index is 1.31. The molecule has 28 heteroatoms. The maximum absolute atomic E-state index is 16.0. The summed E-state index contributed by atoms with van der Waals surface area (Å²) in [6.45, 7) is 1.68. The summed E-state index contributed by atoms with van der Waals surface area (Å²) >= 11 is 0. The van der Waals surface area contributed by atoms with Gasteiger partial charge in [0.1, 0.15) is 28.9 Å². The van der Waals surface area contributed by atoms with E-state index < -0.39 is 115 Å². The van der Waals surface area contributed by atoms with Gasteiger partial charge in [-0.25, -0.2) is 33.0 Å². The fourth-order valence-corrected chi connectivity index (χ4v) is 8.87. The molecule has 2 aliphatic rings. The number of aromatic nitrogens is 3. The molecule has 18 nitrogen and oxygen atoms in total. The summed E-state index contributed by atoms with van der Waals surface area (Å²) < 4.78 is 161. The monoisotopic (exact) mass is 1160 g/mol. The van der Waals surface area contributed by atoms with Crippen LogP contribution >= 0.6 is 0 Å². The molecular formula is C53H62F10N10O8. The zero-order valence-corrected chi connectivity index (χ0v) is 44.9.